The number of rotatable bonds is 5. The van der Waals surface area contributed by atoms with Gasteiger partial charge in [-0.25, -0.2) is 5.43 Å². The van der Waals surface area contributed by atoms with Gasteiger partial charge in [0.15, 0.2) is 0 Å². The maximum atomic E-state index is 12.6. The van der Waals surface area contributed by atoms with Crippen LogP contribution in [-0.4, -0.2) is 16.7 Å². The number of carbonyl (C=O) groups excluding carboxylic acids is 1. The number of pyridine rings is 1. The van der Waals surface area contributed by atoms with E-state index < -0.39 is 23.2 Å². The van der Waals surface area contributed by atoms with E-state index in [2.05, 4.69) is 10.5 Å². The average Bonchev–Trinajstić information content (AvgIpc) is 2.69. The lowest BCUT2D eigenvalue weighted by Crippen LogP contribution is -2.30. The molecule has 0 spiro atoms. The van der Waals surface area contributed by atoms with Crippen molar-refractivity contribution >= 4 is 12.1 Å². The molecule has 1 heterocycles. The number of hydrazone groups is 1. The van der Waals surface area contributed by atoms with Crippen molar-refractivity contribution in [1.29, 1.82) is 0 Å². The van der Waals surface area contributed by atoms with Crippen LogP contribution >= 0.6 is 0 Å². The molecule has 5 nitrogen and oxygen atoms in total. The predicted octanol–water partition coefficient (Wildman–Crippen LogP) is 3.99. The lowest BCUT2D eigenvalue weighted by atomic mass is 10.1. The molecule has 0 bridgehead atoms. The summed E-state index contributed by atoms with van der Waals surface area (Å²) in [5, 5.41) is 3.72. The van der Waals surface area contributed by atoms with Gasteiger partial charge in [-0.15, -0.1) is 0 Å². The number of aromatic nitrogens is 1. The number of alkyl halides is 3. The molecule has 0 aliphatic rings. The Bertz CT molecular complexity index is 1130. The zero-order valence-corrected chi connectivity index (χ0v) is 16.0. The summed E-state index contributed by atoms with van der Waals surface area (Å²) in [6, 6.07) is 15.0. The van der Waals surface area contributed by atoms with Gasteiger partial charge in [0.25, 0.3) is 11.5 Å². The lowest BCUT2D eigenvalue weighted by Gasteiger charge is -2.08. The fourth-order valence-corrected chi connectivity index (χ4v) is 2.83. The summed E-state index contributed by atoms with van der Waals surface area (Å²) < 4.78 is 39.1. The molecular weight excluding hydrogens is 395 g/mol. The maximum Gasteiger partial charge on any atom is 0.416 e. The first-order valence-corrected chi connectivity index (χ1v) is 9.00. The molecule has 1 aromatic heterocycles. The van der Waals surface area contributed by atoms with Crippen molar-refractivity contribution in [3.05, 3.63) is 105 Å². The highest BCUT2D eigenvalue weighted by atomic mass is 19.4. The van der Waals surface area contributed by atoms with Gasteiger partial charge < -0.3 is 4.57 Å². The standard InChI is InChI=1S/C22H18F3N3O2/c1-15-4-2-5-17(12-15)14-28-11-3-6-19(21(28)30)20(29)27-26-13-16-7-9-18(10-8-16)22(23,24)25/h2-13H,14H2,1H3,(H,27,29)/b26-13-. The summed E-state index contributed by atoms with van der Waals surface area (Å²) >= 11 is 0. The van der Waals surface area contributed by atoms with E-state index in [-0.39, 0.29) is 5.56 Å². The Morgan fingerprint density at radius 2 is 1.83 bits per heavy atom. The molecule has 0 saturated carbocycles. The van der Waals surface area contributed by atoms with Crippen LogP contribution in [-0.2, 0) is 12.7 Å². The summed E-state index contributed by atoms with van der Waals surface area (Å²) in [6.07, 6.45) is -1.63. The third-order valence-electron chi connectivity index (χ3n) is 4.32. The van der Waals surface area contributed by atoms with Gasteiger partial charge in [0, 0.05) is 6.20 Å². The topological polar surface area (TPSA) is 63.5 Å². The first-order chi connectivity index (χ1) is 14.2. The number of halogens is 3. The minimum atomic E-state index is -4.42. The molecule has 1 amide bonds. The molecule has 30 heavy (non-hydrogen) atoms. The largest absolute Gasteiger partial charge is 0.416 e. The fraction of sp³-hybridized carbons (Fsp3) is 0.136. The van der Waals surface area contributed by atoms with Crippen molar-refractivity contribution in [2.75, 3.05) is 0 Å². The third kappa shape index (κ3) is 5.22. The molecule has 0 atom stereocenters. The molecule has 3 rings (SSSR count). The third-order valence-corrected chi connectivity index (χ3v) is 4.32. The van der Waals surface area contributed by atoms with Crippen LogP contribution in [0.15, 0.2) is 76.8 Å². The van der Waals surface area contributed by atoms with Crippen LogP contribution in [0.2, 0.25) is 0 Å². The SMILES string of the molecule is Cc1cccc(Cn2cccc(C(=O)N/N=C\c3ccc(C(F)(F)F)cc3)c2=O)c1. The van der Waals surface area contributed by atoms with Crippen molar-refractivity contribution in [3.8, 4) is 0 Å². The lowest BCUT2D eigenvalue weighted by molar-refractivity contribution is -0.137. The monoisotopic (exact) mass is 413 g/mol. The van der Waals surface area contributed by atoms with E-state index in [0.717, 1.165) is 23.3 Å². The van der Waals surface area contributed by atoms with Gasteiger partial charge in [0.05, 0.1) is 18.3 Å². The molecule has 1 N–H and O–H groups in total. The van der Waals surface area contributed by atoms with Crippen LogP contribution < -0.4 is 11.0 Å². The first kappa shape index (κ1) is 21.0. The first-order valence-electron chi connectivity index (χ1n) is 9.00. The number of amides is 1. The van der Waals surface area contributed by atoms with Gasteiger partial charge in [-0.1, -0.05) is 42.0 Å². The second kappa shape index (κ2) is 8.77. The molecule has 0 radical (unpaired) electrons. The highest BCUT2D eigenvalue weighted by Crippen LogP contribution is 2.28. The Balaban J connectivity index is 1.70. The number of nitrogens with zero attached hydrogens (tertiary/aromatic N) is 2. The van der Waals surface area contributed by atoms with Crippen molar-refractivity contribution < 1.29 is 18.0 Å². The van der Waals surface area contributed by atoms with Crippen LogP contribution in [0.1, 0.15) is 32.6 Å². The molecule has 0 aliphatic carbocycles. The van der Waals surface area contributed by atoms with Crippen molar-refractivity contribution in [2.24, 2.45) is 5.10 Å². The molecule has 0 unspecified atom stereocenters. The zero-order valence-electron chi connectivity index (χ0n) is 16.0. The number of benzene rings is 2. The van der Waals surface area contributed by atoms with Crippen LogP contribution in [0.5, 0.6) is 0 Å². The molecular formula is C22H18F3N3O2. The van der Waals surface area contributed by atoms with Gasteiger partial charge in [-0.3, -0.25) is 9.59 Å². The van der Waals surface area contributed by atoms with Crippen molar-refractivity contribution in [2.45, 2.75) is 19.6 Å². The van der Waals surface area contributed by atoms with E-state index in [9.17, 15) is 22.8 Å². The highest BCUT2D eigenvalue weighted by Gasteiger charge is 2.29. The van der Waals surface area contributed by atoms with E-state index in [1.807, 2.05) is 31.2 Å². The van der Waals surface area contributed by atoms with Crippen molar-refractivity contribution in [1.82, 2.24) is 9.99 Å². The number of carbonyl (C=O) groups is 1. The molecule has 0 saturated heterocycles. The number of hydrogen-bond donors (Lipinski definition) is 1. The van der Waals surface area contributed by atoms with E-state index in [1.54, 1.807) is 12.3 Å². The summed E-state index contributed by atoms with van der Waals surface area (Å²) in [5.41, 5.74) is 3.25. The molecule has 2 aromatic carbocycles. The summed E-state index contributed by atoms with van der Waals surface area (Å²) in [5.74, 6) is -0.707. The van der Waals surface area contributed by atoms with E-state index in [0.29, 0.717) is 12.1 Å². The summed E-state index contributed by atoms with van der Waals surface area (Å²) in [6.45, 7) is 2.27. The molecule has 0 fully saturated rings. The van der Waals surface area contributed by atoms with Gasteiger partial charge in [0.2, 0.25) is 0 Å². The Hall–Kier alpha value is -3.68. The second-order valence-electron chi connectivity index (χ2n) is 6.66. The minimum Gasteiger partial charge on any atom is -0.310 e. The second-order valence-corrected chi connectivity index (χ2v) is 6.66. The number of hydrogen-bond acceptors (Lipinski definition) is 3. The summed E-state index contributed by atoms with van der Waals surface area (Å²) in [7, 11) is 0. The van der Waals surface area contributed by atoms with E-state index in [4.69, 9.17) is 0 Å². The van der Waals surface area contributed by atoms with Crippen LogP contribution in [0.4, 0.5) is 13.2 Å². The van der Waals surface area contributed by atoms with Crippen LogP contribution in [0.3, 0.4) is 0 Å². The Labute approximate surface area is 170 Å². The summed E-state index contributed by atoms with van der Waals surface area (Å²) in [4.78, 5) is 24.9. The molecule has 154 valence electrons. The smallest absolute Gasteiger partial charge is 0.310 e. The Kier molecular flexibility index (Phi) is 6.15. The minimum absolute atomic E-state index is 0.0882. The van der Waals surface area contributed by atoms with Gasteiger partial charge in [0.1, 0.15) is 5.56 Å². The number of nitrogens with one attached hydrogen (secondary N) is 1. The van der Waals surface area contributed by atoms with Gasteiger partial charge in [-0.05, 0) is 42.3 Å². The molecule has 3 aromatic rings. The highest BCUT2D eigenvalue weighted by molar-refractivity contribution is 5.94. The Morgan fingerprint density at radius 3 is 2.50 bits per heavy atom. The molecule has 0 aliphatic heterocycles. The normalized spacial score (nSPS) is 11.6. The Morgan fingerprint density at radius 1 is 1.10 bits per heavy atom. The average molecular weight is 413 g/mol. The zero-order chi connectivity index (χ0) is 21.7. The van der Waals surface area contributed by atoms with Gasteiger partial charge in [-0.2, -0.15) is 18.3 Å². The van der Waals surface area contributed by atoms with E-state index >= 15 is 0 Å². The van der Waals surface area contributed by atoms with Crippen LogP contribution in [0.25, 0.3) is 0 Å². The number of aryl methyl sites for hydroxylation is 1. The molecule has 8 heteroatoms. The maximum absolute atomic E-state index is 12.6. The van der Waals surface area contributed by atoms with Gasteiger partial charge >= 0.3 is 6.18 Å². The van der Waals surface area contributed by atoms with E-state index in [1.165, 1.54) is 29.0 Å². The quantitative estimate of drug-likeness (QED) is 0.508. The van der Waals surface area contributed by atoms with Crippen LogP contribution in [0, 0.1) is 6.92 Å². The predicted molar refractivity (Wildman–Crippen MR) is 107 cm³/mol. The van der Waals surface area contributed by atoms with Crippen molar-refractivity contribution in [3.63, 3.8) is 0 Å². The fourth-order valence-electron chi connectivity index (χ4n) is 2.83.